The Balaban J connectivity index is 1.85. The zero-order valence-corrected chi connectivity index (χ0v) is 14.7. The Morgan fingerprint density at radius 3 is 2.71 bits per heavy atom. The quantitative estimate of drug-likeness (QED) is 0.731. The lowest BCUT2D eigenvalue weighted by atomic mass is 10.1. The van der Waals surface area contributed by atoms with E-state index in [2.05, 4.69) is 22.9 Å². The summed E-state index contributed by atoms with van der Waals surface area (Å²) in [6.45, 7) is 6.11. The van der Waals surface area contributed by atoms with Crippen molar-refractivity contribution in [3.8, 4) is 5.75 Å². The molecule has 0 aliphatic rings. The van der Waals surface area contributed by atoms with E-state index in [4.69, 9.17) is 9.47 Å². The van der Waals surface area contributed by atoms with Crippen LogP contribution in [0.4, 0.5) is 0 Å². The topological polar surface area (TPSA) is 51.7 Å². The monoisotopic (exact) mass is 328 g/mol. The second-order valence-electron chi connectivity index (χ2n) is 5.86. The van der Waals surface area contributed by atoms with Crippen molar-refractivity contribution >= 4 is 5.97 Å². The van der Waals surface area contributed by atoms with E-state index in [0.717, 1.165) is 23.6 Å². The van der Waals surface area contributed by atoms with Gasteiger partial charge >= 0.3 is 5.97 Å². The molecule has 1 heterocycles. The Kier molecular flexibility index (Phi) is 6.32. The molecule has 0 unspecified atom stereocenters. The van der Waals surface area contributed by atoms with E-state index in [9.17, 15) is 4.79 Å². The van der Waals surface area contributed by atoms with E-state index in [-0.39, 0.29) is 0 Å². The van der Waals surface area contributed by atoms with Gasteiger partial charge in [0.15, 0.2) is 0 Å². The Morgan fingerprint density at radius 1 is 1.21 bits per heavy atom. The number of carbonyl (C=O) groups excluding carboxylic acids is 1. The average Bonchev–Trinajstić information content (AvgIpc) is 2.56. The van der Waals surface area contributed by atoms with Gasteiger partial charge in [-0.05, 0) is 44.7 Å². The van der Waals surface area contributed by atoms with Gasteiger partial charge in [0.25, 0.3) is 0 Å². The van der Waals surface area contributed by atoms with Gasteiger partial charge in [0, 0.05) is 13.1 Å². The van der Waals surface area contributed by atoms with Gasteiger partial charge in [0.1, 0.15) is 18.1 Å². The van der Waals surface area contributed by atoms with Crippen LogP contribution in [0.15, 0.2) is 36.4 Å². The molecule has 2 aromatic rings. The molecule has 0 saturated carbocycles. The number of rotatable bonds is 7. The minimum atomic E-state index is -0.419. The van der Waals surface area contributed by atoms with Crippen LogP contribution >= 0.6 is 0 Å². The molecular weight excluding hydrogens is 304 g/mol. The first-order chi connectivity index (χ1) is 11.5. The zero-order valence-electron chi connectivity index (χ0n) is 14.7. The lowest BCUT2D eigenvalue weighted by molar-refractivity contribution is 0.0593. The first kappa shape index (κ1) is 17.9. The molecule has 0 saturated heterocycles. The third-order valence-corrected chi connectivity index (χ3v) is 3.69. The van der Waals surface area contributed by atoms with E-state index in [1.165, 1.54) is 12.7 Å². The number of ether oxygens (including phenoxy) is 2. The standard InChI is InChI=1S/C19H24N2O3/c1-14-8-9-18(15(2)12-14)24-11-10-21(3)13-16-6-5-7-17(20-16)19(22)23-4/h5-9,12H,10-11,13H2,1-4H3. The van der Waals surface area contributed by atoms with Gasteiger partial charge in [0.05, 0.1) is 12.8 Å². The van der Waals surface area contributed by atoms with Gasteiger partial charge in [-0.15, -0.1) is 0 Å². The molecule has 0 amide bonds. The van der Waals surface area contributed by atoms with E-state index >= 15 is 0 Å². The Bertz CT molecular complexity index is 701. The maximum atomic E-state index is 11.5. The van der Waals surface area contributed by atoms with Gasteiger partial charge in [-0.3, -0.25) is 4.90 Å². The molecule has 5 heteroatoms. The van der Waals surface area contributed by atoms with Crippen molar-refractivity contribution < 1.29 is 14.3 Å². The van der Waals surface area contributed by atoms with Crippen LogP contribution in [-0.2, 0) is 11.3 Å². The normalized spacial score (nSPS) is 10.7. The van der Waals surface area contributed by atoms with Crippen molar-refractivity contribution in [3.63, 3.8) is 0 Å². The Labute approximate surface area is 143 Å². The van der Waals surface area contributed by atoms with Crippen LogP contribution in [0.25, 0.3) is 0 Å². The van der Waals surface area contributed by atoms with Crippen LogP contribution in [0.3, 0.4) is 0 Å². The summed E-state index contributed by atoms with van der Waals surface area (Å²) in [6.07, 6.45) is 0. The average molecular weight is 328 g/mol. The number of hydrogen-bond acceptors (Lipinski definition) is 5. The molecule has 24 heavy (non-hydrogen) atoms. The van der Waals surface area contributed by atoms with E-state index in [1.807, 2.05) is 38.2 Å². The van der Waals surface area contributed by atoms with Crippen molar-refractivity contribution in [2.45, 2.75) is 20.4 Å². The molecule has 0 N–H and O–H groups in total. The number of nitrogens with zero attached hydrogens (tertiary/aromatic N) is 2. The van der Waals surface area contributed by atoms with Crippen LogP contribution < -0.4 is 4.74 Å². The van der Waals surface area contributed by atoms with Crippen LogP contribution in [0.5, 0.6) is 5.75 Å². The molecule has 0 aliphatic carbocycles. The summed E-state index contributed by atoms with van der Waals surface area (Å²) in [6, 6.07) is 11.5. The van der Waals surface area contributed by atoms with Gasteiger partial charge in [-0.25, -0.2) is 9.78 Å². The van der Waals surface area contributed by atoms with Gasteiger partial charge < -0.3 is 9.47 Å². The highest BCUT2D eigenvalue weighted by molar-refractivity contribution is 5.87. The fourth-order valence-electron chi connectivity index (χ4n) is 2.41. The summed E-state index contributed by atoms with van der Waals surface area (Å²) >= 11 is 0. The lowest BCUT2D eigenvalue weighted by Crippen LogP contribution is -2.24. The number of pyridine rings is 1. The summed E-state index contributed by atoms with van der Waals surface area (Å²) in [5.41, 5.74) is 3.53. The lowest BCUT2D eigenvalue weighted by Gasteiger charge is -2.17. The fraction of sp³-hybridized carbons (Fsp3) is 0.368. The highest BCUT2D eigenvalue weighted by Crippen LogP contribution is 2.18. The third-order valence-electron chi connectivity index (χ3n) is 3.69. The van der Waals surface area contributed by atoms with E-state index in [1.54, 1.807) is 6.07 Å². The number of carbonyl (C=O) groups is 1. The van der Waals surface area contributed by atoms with Crippen LogP contribution in [0.2, 0.25) is 0 Å². The molecule has 128 valence electrons. The maximum Gasteiger partial charge on any atom is 0.356 e. The molecule has 1 aromatic heterocycles. The number of aryl methyl sites for hydroxylation is 2. The van der Waals surface area contributed by atoms with Crippen LogP contribution in [0.1, 0.15) is 27.3 Å². The highest BCUT2D eigenvalue weighted by atomic mass is 16.5. The molecule has 0 spiro atoms. The fourth-order valence-corrected chi connectivity index (χ4v) is 2.41. The van der Waals surface area contributed by atoms with Gasteiger partial charge in [-0.2, -0.15) is 0 Å². The Morgan fingerprint density at radius 2 is 2.00 bits per heavy atom. The van der Waals surface area contributed by atoms with Gasteiger partial charge in [0.2, 0.25) is 0 Å². The molecule has 2 rings (SSSR count). The minimum absolute atomic E-state index is 0.329. The predicted octanol–water partition coefficient (Wildman–Crippen LogP) is 3.00. The van der Waals surface area contributed by atoms with Crippen LogP contribution in [0, 0.1) is 13.8 Å². The number of methoxy groups -OCH3 is 1. The maximum absolute atomic E-state index is 11.5. The summed E-state index contributed by atoms with van der Waals surface area (Å²) in [5, 5.41) is 0. The summed E-state index contributed by atoms with van der Waals surface area (Å²) in [5.74, 6) is 0.498. The summed E-state index contributed by atoms with van der Waals surface area (Å²) in [4.78, 5) is 17.9. The molecule has 1 aromatic carbocycles. The van der Waals surface area contributed by atoms with Gasteiger partial charge in [-0.1, -0.05) is 23.8 Å². The van der Waals surface area contributed by atoms with E-state index in [0.29, 0.717) is 18.8 Å². The largest absolute Gasteiger partial charge is 0.492 e. The number of aromatic nitrogens is 1. The SMILES string of the molecule is COC(=O)c1cccc(CN(C)CCOc2ccc(C)cc2C)n1. The summed E-state index contributed by atoms with van der Waals surface area (Å²) < 4.78 is 10.5. The second kappa shape index (κ2) is 8.45. The predicted molar refractivity (Wildman–Crippen MR) is 93.3 cm³/mol. The smallest absolute Gasteiger partial charge is 0.356 e. The molecule has 0 bridgehead atoms. The van der Waals surface area contributed by atoms with Crippen molar-refractivity contribution in [1.29, 1.82) is 0 Å². The molecule has 0 fully saturated rings. The third kappa shape index (κ3) is 5.06. The first-order valence-corrected chi connectivity index (χ1v) is 7.92. The number of hydrogen-bond donors (Lipinski definition) is 0. The molecule has 0 atom stereocenters. The molecule has 0 aliphatic heterocycles. The number of likely N-dealkylation sites (N-methyl/N-ethyl adjacent to an activating group) is 1. The Hall–Kier alpha value is -2.40. The van der Waals surface area contributed by atoms with Crippen molar-refractivity contribution in [1.82, 2.24) is 9.88 Å². The minimum Gasteiger partial charge on any atom is -0.492 e. The van der Waals surface area contributed by atoms with Crippen molar-refractivity contribution in [2.24, 2.45) is 0 Å². The van der Waals surface area contributed by atoms with Crippen LogP contribution in [-0.4, -0.2) is 43.2 Å². The second-order valence-corrected chi connectivity index (χ2v) is 5.86. The van der Waals surface area contributed by atoms with E-state index < -0.39 is 5.97 Å². The molecule has 5 nitrogen and oxygen atoms in total. The molecular formula is C19H24N2O3. The highest BCUT2D eigenvalue weighted by Gasteiger charge is 2.09. The van der Waals surface area contributed by atoms with Crippen molar-refractivity contribution in [3.05, 3.63) is 58.9 Å². The number of esters is 1. The first-order valence-electron chi connectivity index (χ1n) is 7.92. The van der Waals surface area contributed by atoms with Crippen molar-refractivity contribution in [2.75, 3.05) is 27.3 Å². The number of benzene rings is 1. The summed E-state index contributed by atoms with van der Waals surface area (Å²) in [7, 11) is 3.35. The zero-order chi connectivity index (χ0) is 17.5. The molecule has 0 radical (unpaired) electrons.